The van der Waals surface area contributed by atoms with Crippen LogP contribution in [0, 0.1) is 0 Å². The Bertz CT molecular complexity index is 586. The molecular weight excluding hydrogens is 228 g/mol. The number of carbonyl (C=O) groups is 1. The van der Waals surface area contributed by atoms with Crippen LogP contribution in [0.4, 0.5) is 0 Å². The maximum atomic E-state index is 11.1. The van der Waals surface area contributed by atoms with E-state index in [-0.39, 0.29) is 0 Å². The predicted molar refractivity (Wildman–Crippen MR) is 71.4 cm³/mol. The molecule has 18 heavy (non-hydrogen) atoms. The Morgan fingerprint density at radius 2 is 2.00 bits per heavy atom. The van der Waals surface area contributed by atoms with E-state index in [1.807, 2.05) is 42.5 Å². The zero-order chi connectivity index (χ0) is 13.0. The fraction of sp³-hybridized carbons (Fsp3) is 0.143. The number of fused-ring (bicyclic) bond motifs is 1. The largest absolute Gasteiger partial charge is 0.383 e. The van der Waals surface area contributed by atoms with Crippen LogP contribution in [-0.4, -0.2) is 23.3 Å². The lowest BCUT2D eigenvalue weighted by Gasteiger charge is -2.03. The third-order valence-electron chi connectivity index (χ3n) is 2.58. The summed E-state index contributed by atoms with van der Waals surface area (Å²) < 4.78 is 0. The summed E-state index contributed by atoms with van der Waals surface area (Å²) in [4.78, 5) is 11.1. The maximum absolute atomic E-state index is 11.1. The minimum absolute atomic E-state index is 0.522. The average molecular weight is 242 g/mol. The molecule has 2 N–H and O–H groups in total. The Kier molecular flexibility index (Phi) is 3.69. The van der Waals surface area contributed by atoms with E-state index >= 15 is 0 Å². The van der Waals surface area contributed by atoms with Gasteiger partial charge in [0.05, 0.1) is 6.21 Å². The summed E-state index contributed by atoms with van der Waals surface area (Å²) in [6.45, 7) is 1.39. The molecule has 1 atom stereocenters. The van der Waals surface area contributed by atoms with Crippen LogP contribution in [0.25, 0.3) is 10.8 Å². The zero-order valence-corrected chi connectivity index (χ0v) is 10.00. The van der Waals surface area contributed by atoms with Gasteiger partial charge in [-0.15, -0.1) is 0 Å². The summed E-state index contributed by atoms with van der Waals surface area (Å²) >= 11 is 0. The number of hydrazone groups is 1. The van der Waals surface area contributed by atoms with E-state index in [9.17, 15) is 4.79 Å². The number of hydrogen-bond donors (Lipinski definition) is 2. The van der Waals surface area contributed by atoms with Crippen molar-refractivity contribution in [3.63, 3.8) is 0 Å². The van der Waals surface area contributed by atoms with Gasteiger partial charge >= 0.3 is 0 Å². The van der Waals surface area contributed by atoms with E-state index in [2.05, 4.69) is 10.5 Å². The minimum Gasteiger partial charge on any atom is -0.383 e. The SMILES string of the molecule is C[C@@H](O)C(=O)N/N=C\c1cccc2ccccc12. The number of benzene rings is 2. The van der Waals surface area contributed by atoms with Gasteiger partial charge in [0, 0.05) is 5.56 Å². The van der Waals surface area contributed by atoms with Crippen LogP contribution in [0.3, 0.4) is 0 Å². The highest BCUT2D eigenvalue weighted by atomic mass is 16.3. The van der Waals surface area contributed by atoms with Crippen LogP contribution < -0.4 is 5.43 Å². The van der Waals surface area contributed by atoms with Gasteiger partial charge in [-0.2, -0.15) is 5.10 Å². The highest BCUT2D eigenvalue weighted by Gasteiger charge is 2.05. The summed E-state index contributed by atoms with van der Waals surface area (Å²) in [5.41, 5.74) is 3.19. The molecule has 2 aromatic rings. The van der Waals surface area contributed by atoms with E-state index in [1.165, 1.54) is 6.92 Å². The summed E-state index contributed by atoms with van der Waals surface area (Å²) in [5, 5.41) is 15.0. The Balaban J connectivity index is 2.22. The summed E-state index contributed by atoms with van der Waals surface area (Å²) in [5.74, 6) is -0.522. The van der Waals surface area contributed by atoms with Crippen molar-refractivity contribution in [2.24, 2.45) is 5.10 Å². The molecule has 0 aliphatic rings. The van der Waals surface area contributed by atoms with Gasteiger partial charge in [0.2, 0.25) is 0 Å². The van der Waals surface area contributed by atoms with Gasteiger partial charge in [0.25, 0.3) is 5.91 Å². The lowest BCUT2D eigenvalue weighted by molar-refractivity contribution is -0.128. The van der Waals surface area contributed by atoms with E-state index in [4.69, 9.17) is 5.11 Å². The molecule has 0 radical (unpaired) electrons. The second-order valence-corrected chi connectivity index (χ2v) is 3.98. The van der Waals surface area contributed by atoms with Crippen molar-refractivity contribution >= 4 is 22.9 Å². The van der Waals surface area contributed by atoms with Gasteiger partial charge in [0.1, 0.15) is 6.10 Å². The molecule has 0 unspecified atom stereocenters. The standard InChI is InChI=1S/C14H14N2O2/c1-10(17)14(18)16-15-9-12-7-4-6-11-5-2-3-8-13(11)12/h2-10,17H,1H3,(H,16,18)/b15-9-/t10-/m1/s1. The maximum Gasteiger partial charge on any atom is 0.268 e. The monoisotopic (exact) mass is 242 g/mol. The average Bonchev–Trinajstić information content (AvgIpc) is 2.38. The molecule has 0 bridgehead atoms. The predicted octanol–water partition coefficient (Wildman–Crippen LogP) is 1.67. The fourth-order valence-corrected chi connectivity index (χ4v) is 1.62. The van der Waals surface area contributed by atoms with Crippen LogP contribution in [0.1, 0.15) is 12.5 Å². The van der Waals surface area contributed by atoms with Crippen LogP contribution in [0.2, 0.25) is 0 Å². The number of carbonyl (C=O) groups excluding carboxylic acids is 1. The van der Waals surface area contributed by atoms with E-state index in [0.29, 0.717) is 0 Å². The van der Waals surface area contributed by atoms with Crippen LogP contribution in [-0.2, 0) is 4.79 Å². The molecule has 0 aliphatic carbocycles. The first-order chi connectivity index (χ1) is 8.68. The van der Waals surface area contributed by atoms with Crippen molar-refractivity contribution in [2.75, 3.05) is 0 Å². The molecule has 2 rings (SSSR count). The van der Waals surface area contributed by atoms with Crippen molar-refractivity contribution in [3.8, 4) is 0 Å². The first kappa shape index (κ1) is 12.3. The second kappa shape index (κ2) is 5.42. The van der Waals surface area contributed by atoms with Crippen LogP contribution in [0.5, 0.6) is 0 Å². The van der Waals surface area contributed by atoms with Crippen molar-refractivity contribution in [3.05, 3.63) is 48.0 Å². The smallest absolute Gasteiger partial charge is 0.268 e. The highest BCUT2D eigenvalue weighted by molar-refractivity contribution is 5.99. The number of aliphatic hydroxyl groups excluding tert-OH is 1. The molecule has 0 spiro atoms. The number of rotatable bonds is 3. The Morgan fingerprint density at radius 1 is 1.28 bits per heavy atom. The van der Waals surface area contributed by atoms with E-state index < -0.39 is 12.0 Å². The van der Waals surface area contributed by atoms with Gasteiger partial charge in [-0.3, -0.25) is 4.79 Å². The molecule has 0 aromatic heterocycles. The molecule has 0 saturated heterocycles. The first-order valence-corrected chi connectivity index (χ1v) is 5.67. The van der Waals surface area contributed by atoms with Gasteiger partial charge < -0.3 is 5.11 Å². The third kappa shape index (κ3) is 2.73. The Labute approximate surface area is 105 Å². The topological polar surface area (TPSA) is 61.7 Å². The number of aliphatic hydroxyl groups is 1. The molecule has 0 heterocycles. The lowest BCUT2D eigenvalue weighted by atomic mass is 10.1. The lowest BCUT2D eigenvalue weighted by Crippen LogP contribution is -2.28. The minimum atomic E-state index is -1.06. The molecular formula is C14H14N2O2. The quantitative estimate of drug-likeness (QED) is 0.635. The molecule has 1 amide bonds. The summed E-state index contributed by atoms with van der Waals surface area (Å²) in [6, 6.07) is 13.8. The van der Waals surface area contributed by atoms with Crippen molar-refractivity contribution in [1.82, 2.24) is 5.43 Å². The molecule has 0 aliphatic heterocycles. The fourth-order valence-electron chi connectivity index (χ4n) is 1.62. The summed E-state index contributed by atoms with van der Waals surface area (Å²) in [6.07, 6.45) is 0.512. The Hall–Kier alpha value is -2.20. The molecule has 92 valence electrons. The first-order valence-electron chi connectivity index (χ1n) is 5.67. The molecule has 0 fully saturated rings. The number of nitrogens with zero attached hydrogens (tertiary/aromatic N) is 1. The normalized spacial score (nSPS) is 12.8. The molecule has 4 nitrogen and oxygen atoms in total. The van der Waals surface area contributed by atoms with Gasteiger partial charge in [-0.25, -0.2) is 5.43 Å². The van der Waals surface area contributed by atoms with Crippen molar-refractivity contribution in [2.45, 2.75) is 13.0 Å². The van der Waals surface area contributed by atoms with Crippen molar-refractivity contribution in [1.29, 1.82) is 0 Å². The van der Waals surface area contributed by atoms with Gasteiger partial charge in [-0.05, 0) is 17.7 Å². The second-order valence-electron chi connectivity index (χ2n) is 3.98. The van der Waals surface area contributed by atoms with E-state index in [1.54, 1.807) is 6.21 Å². The number of amides is 1. The van der Waals surface area contributed by atoms with Crippen molar-refractivity contribution < 1.29 is 9.90 Å². The number of nitrogens with one attached hydrogen (secondary N) is 1. The Morgan fingerprint density at radius 3 is 2.78 bits per heavy atom. The number of hydrogen-bond acceptors (Lipinski definition) is 3. The van der Waals surface area contributed by atoms with Crippen LogP contribution in [0.15, 0.2) is 47.6 Å². The molecule has 0 saturated carbocycles. The van der Waals surface area contributed by atoms with Gasteiger partial charge in [-0.1, -0.05) is 42.5 Å². The van der Waals surface area contributed by atoms with E-state index in [0.717, 1.165) is 16.3 Å². The highest BCUT2D eigenvalue weighted by Crippen LogP contribution is 2.16. The van der Waals surface area contributed by atoms with Gasteiger partial charge in [0.15, 0.2) is 0 Å². The zero-order valence-electron chi connectivity index (χ0n) is 10.00. The van der Waals surface area contributed by atoms with Crippen LogP contribution >= 0.6 is 0 Å². The summed E-state index contributed by atoms with van der Waals surface area (Å²) in [7, 11) is 0. The third-order valence-corrected chi connectivity index (χ3v) is 2.58. The molecule has 4 heteroatoms. The molecule has 2 aromatic carbocycles.